The SMILES string of the molecule is CC[Se]CC.[CH2-]C.[CH2-]C.[Cd+2]. The third-order valence-electron chi connectivity index (χ3n) is 0.408. The van der Waals surface area contributed by atoms with Gasteiger partial charge >= 0.3 is 66.7 Å². The molecule has 10 heavy (non-hydrogen) atoms. The zero-order valence-corrected chi connectivity index (χ0v) is 13.7. The molecule has 0 bridgehead atoms. The second-order valence-corrected chi connectivity index (χ2v) is 4.06. The van der Waals surface area contributed by atoms with Crippen molar-refractivity contribution in [3.63, 3.8) is 0 Å². The molecule has 0 nitrogen and oxygen atoms in total. The molecule has 0 rings (SSSR count). The Hall–Kier alpha value is 1.44. The summed E-state index contributed by atoms with van der Waals surface area (Å²) in [5.41, 5.74) is 0. The van der Waals surface area contributed by atoms with Crippen LogP contribution in [0.4, 0.5) is 0 Å². The third-order valence-corrected chi connectivity index (χ3v) is 2.12. The molecule has 0 fully saturated rings. The predicted molar refractivity (Wildman–Crippen MR) is 48.8 cm³/mol. The van der Waals surface area contributed by atoms with E-state index in [4.69, 9.17) is 0 Å². The van der Waals surface area contributed by atoms with E-state index in [0.717, 1.165) is 15.0 Å². The molecule has 0 atom stereocenters. The monoisotopic (exact) mass is 310 g/mol. The maximum Gasteiger partial charge on any atom is 2.00 e. The third kappa shape index (κ3) is 56.8. The quantitative estimate of drug-likeness (QED) is 0.543. The van der Waals surface area contributed by atoms with Gasteiger partial charge in [0.2, 0.25) is 0 Å². The Morgan fingerprint density at radius 3 is 1.10 bits per heavy atom. The molecule has 0 aromatic heterocycles. The van der Waals surface area contributed by atoms with Gasteiger partial charge < -0.3 is 13.8 Å². The van der Waals surface area contributed by atoms with Crippen molar-refractivity contribution in [1.29, 1.82) is 0 Å². The molecular formula is C8H20CdSe. The second kappa shape index (κ2) is 47.2. The van der Waals surface area contributed by atoms with Crippen molar-refractivity contribution < 1.29 is 27.3 Å². The first-order valence-corrected chi connectivity index (χ1v) is 5.83. The summed E-state index contributed by atoms with van der Waals surface area (Å²) in [4.78, 5) is 0. The Kier molecular flexibility index (Phi) is 106. The molecule has 0 aliphatic rings. The standard InChI is InChI=1S/C4H10Se.2C2H5.Cd/c1-3-5-4-2;2*1-2;/h3-4H2,1-2H3;2*1H2,2H3;/q;2*-1;+2. The zero-order valence-electron chi connectivity index (χ0n) is 7.94. The Balaban J connectivity index is -0.0000000315. The largest absolute Gasteiger partial charge is 2.00 e. The van der Waals surface area contributed by atoms with Gasteiger partial charge in [0.25, 0.3) is 0 Å². The first-order valence-electron chi connectivity index (χ1n) is 3.41. The Morgan fingerprint density at radius 1 is 0.900 bits per heavy atom. The van der Waals surface area contributed by atoms with Gasteiger partial charge in [-0.25, -0.2) is 0 Å². The fourth-order valence-electron chi connectivity index (χ4n) is 0.204. The fourth-order valence-corrected chi connectivity index (χ4v) is 1.06. The van der Waals surface area contributed by atoms with Crippen molar-refractivity contribution in [1.82, 2.24) is 0 Å². The minimum Gasteiger partial charge on any atom is -0.346 e. The van der Waals surface area contributed by atoms with Crippen LogP contribution in [0.1, 0.15) is 27.7 Å². The van der Waals surface area contributed by atoms with E-state index in [2.05, 4.69) is 27.7 Å². The number of rotatable bonds is 2. The molecule has 0 aliphatic carbocycles. The summed E-state index contributed by atoms with van der Waals surface area (Å²) in [5.74, 6) is 0. The van der Waals surface area contributed by atoms with E-state index in [1.54, 1.807) is 13.8 Å². The summed E-state index contributed by atoms with van der Waals surface area (Å²) in [6.45, 7) is 14.5. The molecule has 0 radical (unpaired) electrons. The van der Waals surface area contributed by atoms with Crippen LogP contribution in [0.15, 0.2) is 0 Å². The Labute approximate surface area is 93.9 Å². The summed E-state index contributed by atoms with van der Waals surface area (Å²) < 4.78 is 0. The predicted octanol–water partition coefficient (Wildman–Crippen LogP) is 3.25. The van der Waals surface area contributed by atoms with Gasteiger partial charge in [-0.1, -0.05) is 0 Å². The second-order valence-electron chi connectivity index (χ2n) is 0.781. The molecule has 0 amide bonds. The number of hydrogen-bond donors (Lipinski definition) is 0. The molecular weight excluding hydrogens is 287 g/mol. The molecule has 60 valence electrons. The van der Waals surface area contributed by atoms with Crippen LogP contribution in [0.25, 0.3) is 0 Å². The van der Waals surface area contributed by atoms with Gasteiger partial charge in [-0.05, 0) is 0 Å². The van der Waals surface area contributed by atoms with Crippen LogP contribution in [0.3, 0.4) is 0 Å². The molecule has 0 saturated carbocycles. The molecule has 0 saturated heterocycles. The van der Waals surface area contributed by atoms with Crippen LogP contribution in [0.2, 0.25) is 10.6 Å². The van der Waals surface area contributed by atoms with E-state index in [0.29, 0.717) is 0 Å². The molecule has 0 aromatic carbocycles. The van der Waals surface area contributed by atoms with Crippen molar-refractivity contribution in [3.05, 3.63) is 13.8 Å². The molecule has 0 heterocycles. The summed E-state index contributed by atoms with van der Waals surface area (Å²) in [6, 6.07) is 0. The first kappa shape index (κ1) is 22.5. The molecule has 2 heteroatoms. The summed E-state index contributed by atoms with van der Waals surface area (Å²) in [7, 11) is 0. The average molecular weight is 308 g/mol. The van der Waals surface area contributed by atoms with Crippen molar-refractivity contribution >= 4 is 15.0 Å². The van der Waals surface area contributed by atoms with E-state index in [1.807, 2.05) is 0 Å². The van der Waals surface area contributed by atoms with E-state index < -0.39 is 0 Å². The molecule has 0 N–H and O–H groups in total. The minimum absolute atomic E-state index is 0. The summed E-state index contributed by atoms with van der Waals surface area (Å²) >= 11 is 0.958. The molecule has 0 aliphatic heterocycles. The molecule has 0 aromatic rings. The van der Waals surface area contributed by atoms with Gasteiger partial charge in [0, 0.05) is 0 Å². The van der Waals surface area contributed by atoms with Crippen molar-refractivity contribution in [2.75, 3.05) is 0 Å². The summed E-state index contributed by atoms with van der Waals surface area (Å²) in [5, 5.41) is 2.81. The van der Waals surface area contributed by atoms with Gasteiger partial charge in [0.05, 0.1) is 0 Å². The summed E-state index contributed by atoms with van der Waals surface area (Å²) in [6.07, 6.45) is 0. The maximum absolute atomic E-state index is 3.25. The van der Waals surface area contributed by atoms with Crippen LogP contribution in [-0.4, -0.2) is 15.0 Å². The van der Waals surface area contributed by atoms with E-state index in [1.165, 1.54) is 10.6 Å². The van der Waals surface area contributed by atoms with Gasteiger partial charge in [-0.2, -0.15) is 13.8 Å². The number of hydrogen-bond acceptors (Lipinski definition) is 0. The van der Waals surface area contributed by atoms with Crippen molar-refractivity contribution in [3.8, 4) is 0 Å². The van der Waals surface area contributed by atoms with Crippen molar-refractivity contribution in [2.45, 2.75) is 38.3 Å². The van der Waals surface area contributed by atoms with E-state index >= 15 is 0 Å². The smallest absolute Gasteiger partial charge is 0.346 e. The average Bonchev–Trinajstić information content (AvgIpc) is 1.98. The fraction of sp³-hybridized carbons (Fsp3) is 0.750. The van der Waals surface area contributed by atoms with E-state index in [-0.39, 0.29) is 27.3 Å². The first-order chi connectivity index (χ1) is 4.41. The van der Waals surface area contributed by atoms with Crippen LogP contribution in [0, 0.1) is 13.8 Å². The topological polar surface area (TPSA) is 0 Å². The molecule has 0 unspecified atom stereocenters. The van der Waals surface area contributed by atoms with E-state index in [9.17, 15) is 0 Å². The van der Waals surface area contributed by atoms with Crippen LogP contribution in [-0.2, 0) is 27.3 Å². The van der Waals surface area contributed by atoms with Gasteiger partial charge in [-0.3, -0.25) is 0 Å². The van der Waals surface area contributed by atoms with Gasteiger partial charge in [0.15, 0.2) is 0 Å². The van der Waals surface area contributed by atoms with Crippen LogP contribution >= 0.6 is 0 Å². The van der Waals surface area contributed by atoms with Gasteiger partial charge in [-0.15, -0.1) is 0 Å². The van der Waals surface area contributed by atoms with Gasteiger partial charge in [0.1, 0.15) is 0 Å². The van der Waals surface area contributed by atoms with Crippen molar-refractivity contribution in [2.24, 2.45) is 0 Å². The molecule has 0 spiro atoms. The zero-order chi connectivity index (χ0) is 8.12. The van der Waals surface area contributed by atoms with Crippen LogP contribution in [0.5, 0.6) is 0 Å². The van der Waals surface area contributed by atoms with Crippen LogP contribution < -0.4 is 0 Å². The normalized spacial score (nSPS) is 5.40. The minimum atomic E-state index is 0. The Bertz CT molecular complexity index is 16.7. The Morgan fingerprint density at radius 2 is 1.10 bits per heavy atom. The maximum atomic E-state index is 3.25.